The maximum atomic E-state index is 6.45. The monoisotopic (exact) mass is 291 g/mol. The van der Waals surface area contributed by atoms with E-state index in [2.05, 4.69) is 41.0 Å². The first-order valence-corrected chi connectivity index (χ1v) is 8.68. The zero-order valence-corrected chi connectivity index (χ0v) is 13.3. The molecule has 1 aliphatic rings. The van der Waals surface area contributed by atoms with Gasteiger partial charge in [0.15, 0.2) is 4.96 Å². The fourth-order valence-corrected chi connectivity index (χ4v) is 4.24. The molecule has 0 radical (unpaired) electrons. The minimum Gasteiger partial charge on any atom is -0.327 e. The van der Waals surface area contributed by atoms with Gasteiger partial charge in [-0.15, -0.1) is 11.3 Å². The molecular formula is C16H25N3S. The number of fused-ring (bicyclic) bond motifs is 1. The van der Waals surface area contributed by atoms with Crippen LogP contribution in [0.5, 0.6) is 0 Å². The highest BCUT2D eigenvalue weighted by molar-refractivity contribution is 7.15. The van der Waals surface area contributed by atoms with E-state index >= 15 is 0 Å². The third-order valence-corrected chi connectivity index (χ3v) is 5.72. The zero-order chi connectivity index (χ0) is 14.1. The predicted molar refractivity (Wildman–Crippen MR) is 85.0 cm³/mol. The minimum absolute atomic E-state index is 0.271. The Morgan fingerprint density at radius 1 is 1.30 bits per heavy atom. The summed E-state index contributed by atoms with van der Waals surface area (Å²) < 4.78 is 2.10. The first-order chi connectivity index (χ1) is 9.63. The molecule has 1 unspecified atom stereocenters. The maximum absolute atomic E-state index is 6.45. The second-order valence-electron chi connectivity index (χ2n) is 6.61. The van der Waals surface area contributed by atoms with E-state index in [4.69, 9.17) is 5.73 Å². The van der Waals surface area contributed by atoms with Crippen molar-refractivity contribution in [1.82, 2.24) is 9.38 Å². The molecule has 2 aromatic heterocycles. The summed E-state index contributed by atoms with van der Waals surface area (Å²) in [5, 5.41) is 2.07. The fourth-order valence-electron chi connectivity index (χ4n) is 3.52. The van der Waals surface area contributed by atoms with Gasteiger partial charge in [0.25, 0.3) is 0 Å². The molecule has 0 aliphatic heterocycles. The van der Waals surface area contributed by atoms with Crippen molar-refractivity contribution in [3.8, 4) is 0 Å². The van der Waals surface area contributed by atoms with E-state index < -0.39 is 0 Å². The van der Waals surface area contributed by atoms with E-state index in [1.54, 1.807) is 11.3 Å². The quantitative estimate of drug-likeness (QED) is 0.932. The van der Waals surface area contributed by atoms with Crippen LogP contribution in [0.25, 0.3) is 4.96 Å². The number of rotatable bonds is 4. The Hall–Kier alpha value is -0.870. The highest BCUT2D eigenvalue weighted by Gasteiger charge is 2.27. The standard InChI is InChI=1S/C16H25N3S/c1-11(2)12-3-5-13(6-4-12)15(17)9-14-10-19-7-8-20-16(19)18-14/h7-8,10-13,15H,3-6,9,17H2,1-2H3. The second kappa shape index (κ2) is 5.86. The predicted octanol–water partition coefficient (Wildman–Crippen LogP) is 3.73. The van der Waals surface area contributed by atoms with Gasteiger partial charge in [-0.1, -0.05) is 13.8 Å². The molecule has 1 aliphatic carbocycles. The van der Waals surface area contributed by atoms with E-state index in [0.29, 0.717) is 5.92 Å². The number of thiazole rings is 1. The van der Waals surface area contributed by atoms with Gasteiger partial charge in [0.05, 0.1) is 5.69 Å². The second-order valence-corrected chi connectivity index (χ2v) is 7.48. The van der Waals surface area contributed by atoms with Crippen molar-refractivity contribution in [1.29, 1.82) is 0 Å². The number of hydrogen-bond donors (Lipinski definition) is 1. The van der Waals surface area contributed by atoms with Gasteiger partial charge in [-0.05, 0) is 43.4 Å². The lowest BCUT2D eigenvalue weighted by molar-refractivity contribution is 0.202. The van der Waals surface area contributed by atoms with Crippen molar-refractivity contribution >= 4 is 16.3 Å². The molecule has 20 heavy (non-hydrogen) atoms. The Kier molecular flexibility index (Phi) is 4.13. The molecule has 110 valence electrons. The van der Waals surface area contributed by atoms with E-state index in [0.717, 1.165) is 28.9 Å². The topological polar surface area (TPSA) is 43.3 Å². The molecule has 2 N–H and O–H groups in total. The molecule has 0 aromatic carbocycles. The van der Waals surface area contributed by atoms with Crippen molar-refractivity contribution in [3.63, 3.8) is 0 Å². The molecular weight excluding hydrogens is 266 g/mol. The average Bonchev–Trinajstić information content (AvgIpc) is 2.99. The van der Waals surface area contributed by atoms with Crippen LogP contribution in [0.15, 0.2) is 17.8 Å². The fraction of sp³-hybridized carbons (Fsp3) is 0.688. The summed E-state index contributed by atoms with van der Waals surface area (Å²) in [6.07, 6.45) is 10.4. The van der Waals surface area contributed by atoms with Crippen LogP contribution in [-0.4, -0.2) is 15.4 Å². The Morgan fingerprint density at radius 2 is 2.00 bits per heavy atom. The van der Waals surface area contributed by atoms with Crippen LogP contribution < -0.4 is 5.73 Å². The Morgan fingerprint density at radius 3 is 2.65 bits per heavy atom. The molecule has 3 rings (SSSR count). The van der Waals surface area contributed by atoms with Crippen LogP contribution in [0.2, 0.25) is 0 Å². The number of imidazole rings is 1. The summed E-state index contributed by atoms with van der Waals surface area (Å²) in [5.74, 6) is 2.42. The zero-order valence-electron chi connectivity index (χ0n) is 12.5. The van der Waals surface area contributed by atoms with Gasteiger partial charge >= 0.3 is 0 Å². The lowest BCUT2D eigenvalue weighted by Crippen LogP contribution is -2.35. The molecule has 0 spiro atoms. The maximum Gasteiger partial charge on any atom is 0.193 e. The van der Waals surface area contributed by atoms with Gasteiger partial charge in [-0.3, -0.25) is 4.40 Å². The summed E-state index contributed by atoms with van der Waals surface area (Å²) in [4.78, 5) is 5.73. The van der Waals surface area contributed by atoms with E-state index in [1.807, 2.05) is 0 Å². The van der Waals surface area contributed by atoms with Gasteiger partial charge in [-0.25, -0.2) is 4.98 Å². The summed E-state index contributed by atoms with van der Waals surface area (Å²) in [6.45, 7) is 4.70. The normalized spacial score (nSPS) is 25.4. The highest BCUT2D eigenvalue weighted by Crippen LogP contribution is 2.34. The van der Waals surface area contributed by atoms with Crippen molar-refractivity contribution in [2.24, 2.45) is 23.5 Å². The highest BCUT2D eigenvalue weighted by atomic mass is 32.1. The summed E-state index contributed by atoms with van der Waals surface area (Å²) in [6, 6.07) is 0.271. The molecule has 1 fully saturated rings. The molecule has 0 bridgehead atoms. The van der Waals surface area contributed by atoms with Gasteiger partial charge < -0.3 is 5.73 Å². The van der Waals surface area contributed by atoms with Crippen LogP contribution >= 0.6 is 11.3 Å². The van der Waals surface area contributed by atoms with E-state index in [1.165, 1.54) is 25.7 Å². The molecule has 1 saturated carbocycles. The average molecular weight is 291 g/mol. The molecule has 1 atom stereocenters. The summed E-state index contributed by atoms with van der Waals surface area (Å²) in [7, 11) is 0. The molecule has 3 nitrogen and oxygen atoms in total. The Bertz CT molecular complexity index is 520. The van der Waals surface area contributed by atoms with Crippen molar-refractivity contribution in [3.05, 3.63) is 23.5 Å². The van der Waals surface area contributed by atoms with Crippen LogP contribution in [-0.2, 0) is 6.42 Å². The largest absolute Gasteiger partial charge is 0.327 e. The first-order valence-electron chi connectivity index (χ1n) is 7.80. The van der Waals surface area contributed by atoms with Gasteiger partial charge in [0.1, 0.15) is 0 Å². The van der Waals surface area contributed by atoms with Crippen molar-refractivity contribution < 1.29 is 0 Å². The Balaban J connectivity index is 1.57. The van der Waals surface area contributed by atoms with Crippen LogP contribution in [0.1, 0.15) is 45.2 Å². The number of nitrogens with zero attached hydrogens (tertiary/aromatic N) is 2. The van der Waals surface area contributed by atoms with Gasteiger partial charge in [-0.2, -0.15) is 0 Å². The van der Waals surface area contributed by atoms with Crippen molar-refractivity contribution in [2.45, 2.75) is 52.0 Å². The molecule has 2 aromatic rings. The van der Waals surface area contributed by atoms with Gasteiger partial charge in [0.2, 0.25) is 0 Å². The van der Waals surface area contributed by atoms with Crippen LogP contribution in [0.3, 0.4) is 0 Å². The summed E-state index contributed by atoms with van der Waals surface area (Å²) >= 11 is 1.69. The lowest BCUT2D eigenvalue weighted by atomic mass is 9.74. The Labute approximate surface area is 125 Å². The van der Waals surface area contributed by atoms with E-state index in [-0.39, 0.29) is 6.04 Å². The molecule has 0 amide bonds. The minimum atomic E-state index is 0.271. The summed E-state index contributed by atoms with van der Waals surface area (Å²) in [5.41, 5.74) is 7.60. The molecule has 2 heterocycles. The van der Waals surface area contributed by atoms with Crippen LogP contribution in [0.4, 0.5) is 0 Å². The van der Waals surface area contributed by atoms with Gasteiger partial charge in [0, 0.05) is 30.2 Å². The lowest BCUT2D eigenvalue weighted by Gasteiger charge is -2.33. The van der Waals surface area contributed by atoms with Crippen LogP contribution in [0, 0.1) is 17.8 Å². The first kappa shape index (κ1) is 14.1. The SMILES string of the molecule is CC(C)C1CCC(C(N)Cc2cn3ccsc3n2)CC1. The number of nitrogens with two attached hydrogens (primary N) is 1. The van der Waals surface area contributed by atoms with Crippen molar-refractivity contribution in [2.75, 3.05) is 0 Å². The number of aromatic nitrogens is 2. The third kappa shape index (κ3) is 2.91. The van der Waals surface area contributed by atoms with E-state index in [9.17, 15) is 0 Å². The molecule has 0 saturated heterocycles. The number of hydrogen-bond acceptors (Lipinski definition) is 3. The smallest absolute Gasteiger partial charge is 0.193 e. The molecule has 4 heteroatoms. The third-order valence-electron chi connectivity index (χ3n) is 4.95.